The number of amides is 1. The van der Waals surface area contributed by atoms with Gasteiger partial charge < -0.3 is 13.8 Å². The molecule has 1 saturated heterocycles. The first-order valence-electron chi connectivity index (χ1n) is 9.27. The molecule has 1 amide bonds. The molecule has 3 aliphatic rings. The normalized spacial score (nSPS) is 28.5. The van der Waals surface area contributed by atoms with Gasteiger partial charge in [-0.25, -0.2) is 0 Å². The third-order valence-corrected chi connectivity index (χ3v) is 6.15. The molecular weight excluding hydrogens is 320 g/mol. The molecule has 2 aromatic rings. The van der Waals surface area contributed by atoms with Gasteiger partial charge in [-0.2, -0.15) is 0 Å². The van der Waals surface area contributed by atoms with Gasteiger partial charge in [-0.3, -0.25) is 4.79 Å². The smallest absolute Gasteiger partial charge is 0.259 e. The van der Waals surface area contributed by atoms with Crippen molar-refractivity contribution in [3.05, 3.63) is 29.3 Å². The lowest BCUT2D eigenvalue weighted by molar-refractivity contribution is 0.0774. The number of likely N-dealkylation sites (tertiary alicyclic amines) is 1. The predicted molar refractivity (Wildman–Crippen MR) is 87.1 cm³/mol. The molecule has 0 radical (unpaired) electrons. The van der Waals surface area contributed by atoms with Crippen LogP contribution in [0.25, 0.3) is 0 Å². The van der Waals surface area contributed by atoms with Crippen molar-refractivity contribution in [2.75, 3.05) is 13.1 Å². The van der Waals surface area contributed by atoms with Crippen LogP contribution in [0, 0.1) is 5.92 Å². The summed E-state index contributed by atoms with van der Waals surface area (Å²) in [7, 11) is 0. The van der Waals surface area contributed by atoms with E-state index < -0.39 is 0 Å². The van der Waals surface area contributed by atoms with E-state index in [1.807, 2.05) is 11.8 Å². The van der Waals surface area contributed by atoms with Crippen molar-refractivity contribution in [3.8, 4) is 0 Å². The second kappa shape index (κ2) is 5.41. The first kappa shape index (κ1) is 15.1. The fraction of sp³-hybridized carbons (Fsp3) is 0.667. The van der Waals surface area contributed by atoms with Gasteiger partial charge in [0.1, 0.15) is 11.8 Å². The average Bonchev–Trinajstić information content (AvgIpc) is 3.05. The standard InChI is InChI=1S/C18H22N4O3/c1-2-14-19-20-17(25-14)18-7-3-4-12(18)8-22(10-18)16(23)13-9-24-21-15(13)11-5-6-11/h9,11-12H,2-8,10H2,1H3/t12-,18-/m0/s1. The average molecular weight is 342 g/mol. The number of carbonyl (C=O) groups excluding carboxylic acids is 1. The second-order valence-electron chi connectivity index (χ2n) is 7.67. The van der Waals surface area contributed by atoms with E-state index in [0.29, 0.717) is 29.8 Å². The second-order valence-corrected chi connectivity index (χ2v) is 7.67. The Hall–Kier alpha value is -2.18. The van der Waals surface area contributed by atoms with Crippen LogP contribution >= 0.6 is 0 Å². The molecule has 0 aromatic carbocycles. The van der Waals surface area contributed by atoms with E-state index in [1.54, 1.807) is 0 Å². The predicted octanol–water partition coefficient (Wildman–Crippen LogP) is 2.69. The Labute approximate surface area is 145 Å². The van der Waals surface area contributed by atoms with E-state index >= 15 is 0 Å². The van der Waals surface area contributed by atoms with Crippen molar-refractivity contribution in [1.82, 2.24) is 20.3 Å². The molecule has 5 rings (SSSR count). The molecule has 7 nitrogen and oxygen atoms in total. The summed E-state index contributed by atoms with van der Waals surface area (Å²) in [6, 6.07) is 0. The summed E-state index contributed by atoms with van der Waals surface area (Å²) >= 11 is 0. The van der Waals surface area contributed by atoms with Crippen molar-refractivity contribution in [2.45, 2.75) is 56.8 Å². The summed E-state index contributed by atoms with van der Waals surface area (Å²) in [4.78, 5) is 15.0. The molecule has 2 atom stereocenters. The molecule has 0 unspecified atom stereocenters. The van der Waals surface area contributed by atoms with Crippen molar-refractivity contribution >= 4 is 5.91 Å². The lowest BCUT2D eigenvalue weighted by Gasteiger charge is -2.24. The Morgan fingerprint density at radius 1 is 1.36 bits per heavy atom. The van der Waals surface area contributed by atoms with Gasteiger partial charge in [0.15, 0.2) is 0 Å². The minimum absolute atomic E-state index is 0.0344. The van der Waals surface area contributed by atoms with Gasteiger partial charge in [0, 0.05) is 25.4 Å². The molecule has 2 aliphatic carbocycles. The van der Waals surface area contributed by atoms with Crippen LogP contribution < -0.4 is 0 Å². The third kappa shape index (κ3) is 2.24. The molecule has 132 valence electrons. The van der Waals surface area contributed by atoms with E-state index in [1.165, 1.54) is 6.26 Å². The number of fused-ring (bicyclic) bond motifs is 1. The summed E-state index contributed by atoms with van der Waals surface area (Å²) in [6.45, 7) is 3.41. The summed E-state index contributed by atoms with van der Waals surface area (Å²) in [6.07, 6.45) is 7.71. The molecule has 1 aliphatic heterocycles. The molecule has 0 N–H and O–H groups in total. The van der Waals surface area contributed by atoms with Gasteiger partial charge in [-0.1, -0.05) is 18.5 Å². The Morgan fingerprint density at radius 2 is 2.24 bits per heavy atom. The monoisotopic (exact) mass is 342 g/mol. The quantitative estimate of drug-likeness (QED) is 0.849. The SMILES string of the molecule is CCc1nnc([C@]23CCC[C@H]2CN(C(=O)c2conc2C2CC2)C3)o1. The van der Waals surface area contributed by atoms with Crippen molar-refractivity contribution in [3.63, 3.8) is 0 Å². The molecule has 25 heavy (non-hydrogen) atoms. The molecular formula is C18H22N4O3. The zero-order chi connectivity index (χ0) is 17.0. The lowest BCUT2D eigenvalue weighted by Crippen LogP contribution is -2.35. The highest BCUT2D eigenvalue weighted by atomic mass is 16.5. The van der Waals surface area contributed by atoms with Crippen LogP contribution in [-0.2, 0) is 11.8 Å². The first-order chi connectivity index (χ1) is 12.2. The Balaban J connectivity index is 1.43. The highest BCUT2D eigenvalue weighted by Gasteiger charge is 2.55. The number of nitrogens with zero attached hydrogens (tertiary/aromatic N) is 4. The van der Waals surface area contributed by atoms with Gasteiger partial charge >= 0.3 is 0 Å². The number of hydrogen-bond acceptors (Lipinski definition) is 6. The third-order valence-electron chi connectivity index (χ3n) is 6.15. The van der Waals surface area contributed by atoms with E-state index in [4.69, 9.17) is 8.94 Å². The summed E-state index contributed by atoms with van der Waals surface area (Å²) in [5.41, 5.74) is 1.30. The molecule has 3 fully saturated rings. The van der Waals surface area contributed by atoms with Gasteiger partial charge in [-0.15, -0.1) is 10.2 Å². The Bertz CT molecular complexity index is 809. The number of aryl methyl sites for hydroxylation is 1. The maximum Gasteiger partial charge on any atom is 0.259 e. The van der Waals surface area contributed by atoms with Crippen LogP contribution in [0.4, 0.5) is 0 Å². The number of rotatable bonds is 4. The van der Waals surface area contributed by atoms with Crippen LogP contribution in [0.5, 0.6) is 0 Å². The fourth-order valence-corrected chi connectivity index (χ4v) is 4.62. The topological polar surface area (TPSA) is 85.3 Å². The molecule has 0 spiro atoms. The maximum atomic E-state index is 13.1. The fourth-order valence-electron chi connectivity index (χ4n) is 4.62. The molecule has 2 saturated carbocycles. The van der Waals surface area contributed by atoms with Crippen LogP contribution in [0.3, 0.4) is 0 Å². The zero-order valence-corrected chi connectivity index (χ0v) is 14.4. The van der Waals surface area contributed by atoms with E-state index in [9.17, 15) is 4.79 Å². The Morgan fingerprint density at radius 3 is 3.00 bits per heavy atom. The number of carbonyl (C=O) groups is 1. The number of aromatic nitrogens is 3. The molecule has 0 bridgehead atoms. The summed E-state index contributed by atoms with van der Waals surface area (Å²) < 4.78 is 11.0. The van der Waals surface area contributed by atoms with Crippen molar-refractivity contribution in [2.24, 2.45) is 5.92 Å². The van der Waals surface area contributed by atoms with Crippen molar-refractivity contribution in [1.29, 1.82) is 0 Å². The maximum absolute atomic E-state index is 13.1. The molecule has 2 aromatic heterocycles. The van der Waals surface area contributed by atoms with Crippen LogP contribution in [0.15, 0.2) is 15.2 Å². The van der Waals surface area contributed by atoms with Crippen LogP contribution in [0.2, 0.25) is 0 Å². The van der Waals surface area contributed by atoms with E-state index in [2.05, 4.69) is 15.4 Å². The molecule has 3 heterocycles. The summed E-state index contributed by atoms with van der Waals surface area (Å²) in [5, 5.41) is 12.6. The highest BCUT2D eigenvalue weighted by Crippen LogP contribution is 2.50. The van der Waals surface area contributed by atoms with Gasteiger partial charge in [-0.05, 0) is 31.6 Å². The van der Waals surface area contributed by atoms with Gasteiger partial charge in [0.25, 0.3) is 5.91 Å². The van der Waals surface area contributed by atoms with Gasteiger partial charge in [0.05, 0.1) is 11.1 Å². The Kier molecular flexibility index (Phi) is 3.27. The van der Waals surface area contributed by atoms with Crippen LogP contribution in [-0.4, -0.2) is 39.3 Å². The minimum atomic E-state index is -0.174. The molecule has 7 heteroatoms. The lowest BCUT2D eigenvalue weighted by atomic mass is 9.80. The first-order valence-corrected chi connectivity index (χ1v) is 9.27. The van der Waals surface area contributed by atoms with Gasteiger partial charge in [0.2, 0.25) is 11.8 Å². The van der Waals surface area contributed by atoms with Crippen LogP contribution in [0.1, 0.15) is 72.8 Å². The minimum Gasteiger partial charge on any atom is -0.425 e. The van der Waals surface area contributed by atoms with E-state index in [0.717, 1.165) is 56.7 Å². The zero-order valence-electron chi connectivity index (χ0n) is 14.4. The van der Waals surface area contributed by atoms with E-state index in [-0.39, 0.29) is 11.3 Å². The highest BCUT2D eigenvalue weighted by molar-refractivity contribution is 5.95. The van der Waals surface area contributed by atoms with Crippen molar-refractivity contribution < 1.29 is 13.7 Å². The largest absolute Gasteiger partial charge is 0.425 e. The summed E-state index contributed by atoms with van der Waals surface area (Å²) in [5.74, 6) is 2.22. The number of hydrogen-bond donors (Lipinski definition) is 0.